The minimum Gasteiger partial charge on any atom is -0.810 e. The van der Waals surface area contributed by atoms with Crippen LogP contribution >= 0.6 is 60.4 Å². The van der Waals surface area contributed by atoms with Crippen molar-refractivity contribution < 1.29 is 68.3 Å². The van der Waals surface area contributed by atoms with E-state index >= 15 is 0 Å². The first-order chi connectivity index (χ1) is 21.2. The van der Waals surface area contributed by atoms with Crippen molar-refractivity contribution in [2.24, 2.45) is 0 Å². The summed E-state index contributed by atoms with van der Waals surface area (Å²) >= 11 is 3.92. The highest BCUT2D eigenvalue weighted by Crippen LogP contribution is 2.34. The van der Waals surface area contributed by atoms with Gasteiger partial charge >= 0.3 is 0 Å². The topological polar surface area (TPSA) is 286 Å². The predicted molar refractivity (Wildman–Crippen MR) is 162 cm³/mol. The summed E-state index contributed by atoms with van der Waals surface area (Å²) in [6, 6.07) is 7.58. The van der Waals surface area contributed by atoms with Crippen LogP contribution in [0.5, 0.6) is 17.2 Å². The fourth-order valence-electron chi connectivity index (χ4n) is 4.26. The van der Waals surface area contributed by atoms with E-state index in [1.54, 1.807) is 12.1 Å². The van der Waals surface area contributed by atoms with E-state index in [-0.39, 0.29) is 12.2 Å². The van der Waals surface area contributed by atoms with E-state index in [4.69, 9.17) is 4.74 Å². The minimum atomic E-state index is -5.27. The van der Waals surface area contributed by atoms with Gasteiger partial charge in [-0.25, -0.2) is 0 Å². The average molecular weight is 908 g/mol. The third-order valence-corrected chi connectivity index (χ3v) is 9.21. The molecule has 0 radical (unpaired) electrons. The van der Waals surface area contributed by atoms with Gasteiger partial charge in [0.25, 0.3) is 0 Å². The second-order valence-corrected chi connectivity index (χ2v) is 15.2. The number of ether oxygens (including phenoxy) is 1. The highest BCUT2D eigenvalue weighted by atomic mass is 127. The zero-order valence-electron chi connectivity index (χ0n) is 23.7. The number of phenols is 1. The van der Waals surface area contributed by atoms with Gasteiger partial charge in [0.2, 0.25) is 0 Å². The molecular formula is C25H26I2N3O14P2-7. The second-order valence-electron chi connectivity index (χ2n) is 9.91. The van der Waals surface area contributed by atoms with Crippen molar-refractivity contribution in [1.82, 2.24) is 14.7 Å². The van der Waals surface area contributed by atoms with Crippen LogP contribution in [-0.2, 0) is 29.9 Å². The van der Waals surface area contributed by atoms with Gasteiger partial charge in [0.05, 0.1) is 31.1 Å². The molecule has 0 amide bonds. The quantitative estimate of drug-likeness (QED) is 0.0964. The number of hydrogen-bond acceptors (Lipinski definition) is 17. The van der Waals surface area contributed by atoms with Gasteiger partial charge in [-0.05, 0) is 93.6 Å². The predicted octanol–water partition coefficient (Wildman–Crippen LogP) is -4.80. The first-order valence-electron chi connectivity index (χ1n) is 13.0. The molecule has 0 aliphatic carbocycles. The molecule has 256 valence electrons. The Labute approximate surface area is 290 Å². The van der Waals surface area contributed by atoms with E-state index in [9.17, 15) is 63.5 Å². The Hall–Kier alpha value is -1.91. The molecule has 0 aliphatic rings. The maximum Gasteiger partial charge on any atom is 0.154 e. The molecule has 2 aromatic carbocycles. The number of benzene rings is 2. The van der Waals surface area contributed by atoms with Crippen molar-refractivity contribution in [3.63, 3.8) is 0 Å². The van der Waals surface area contributed by atoms with Crippen molar-refractivity contribution in [2.45, 2.75) is 12.5 Å². The molecule has 0 spiro atoms. The molecule has 21 heteroatoms. The number of carboxylic acid groups (broad SMARTS) is 3. The van der Waals surface area contributed by atoms with Gasteiger partial charge in [0.1, 0.15) is 11.5 Å². The monoisotopic (exact) mass is 908 g/mol. The Morgan fingerprint density at radius 3 is 1.59 bits per heavy atom. The van der Waals surface area contributed by atoms with Crippen molar-refractivity contribution in [3.8, 4) is 17.2 Å². The lowest BCUT2D eigenvalue weighted by molar-refractivity contribution is -0.319. The summed E-state index contributed by atoms with van der Waals surface area (Å²) in [6.45, 7) is -3.83. The molecule has 0 saturated heterocycles. The molecule has 0 aromatic heterocycles. The number of halogens is 2. The van der Waals surface area contributed by atoms with Crippen molar-refractivity contribution >= 4 is 78.3 Å². The summed E-state index contributed by atoms with van der Waals surface area (Å²) in [7, 11) is -10.5. The van der Waals surface area contributed by atoms with Gasteiger partial charge in [-0.1, -0.05) is 15.2 Å². The van der Waals surface area contributed by atoms with Crippen molar-refractivity contribution in [3.05, 3.63) is 49.1 Å². The lowest BCUT2D eigenvalue weighted by atomic mass is 10.0. The molecule has 0 aliphatic heterocycles. The normalized spacial score (nSPS) is 12.9. The Morgan fingerprint density at radius 1 is 0.783 bits per heavy atom. The third-order valence-electron chi connectivity index (χ3n) is 6.12. The molecule has 0 saturated carbocycles. The fourth-order valence-corrected chi connectivity index (χ4v) is 7.84. The molecule has 1 atom stereocenters. The lowest BCUT2D eigenvalue weighted by Crippen LogP contribution is -2.54. The van der Waals surface area contributed by atoms with Crippen LogP contribution in [0.3, 0.4) is 0 Å². The second kappa shape index (κ2) is 18.0. The molecule has 2 rings (SSSR count). The number of carboxylic acids is 3. The number of rotatable bonds is 20. The van der Waals surface area contributed by atoms with Crippen LogP contribution in [0.4, 0.5) is 0 Å². The van der Waals surface area contributed by atoms with E-state index in [2.05, 4.69) is 0 Å². The number of aliphatic carboxylic acids is 3. The van der Waals surface area contributed by atoms with Gasteiger partial charge in [0, 0.05) is 51.8 Å². The summed E-state index contributed by atoms with van der Waals surface area (Å²) in [5.41, 5.74) is 0.441. The molecule has 0 bridgehead atoms. The first-order valence-corrected chi connectivity index (χ1v) is 18.6. The summed E-state index contributed by atoms with van der Waals surface area (Å²) in [4.78, 5) is 82.6. The Balaban J connectivity index is 2.40. The SMILES string of the molecule is O=C([O-])CN(CCN(CCN(CC(=O)[O-])CP(=O)([O-])[O-])C(Cc1cc(I)c(Oc2ccc(O)cc2)c(I)c1)C(=O)[O-])CP(=O)([O-])[O-]. The number of carbonyl (C=O) groups is 3. The maximum absolute atomic E-state index is 12.4. The minimum absolute atomic E-state index is 0.0283. The number of carbonyl (C=O) groups excluding carboxylic acids is 3. The highest BCUT2D eigenvalue weighted by Gasteiger charge is 2.24. The zero-order chi connectivity index (χ0) is 34.8. The number of aromatic hydroxyl groups is 1. The van der Waals surface area contributed by atoms with Crippen LogP contribution in [0, 0.1) is 7.14 Å². The molecule has 0 fully saturated rings. The lowest BCUT2D eigenvalue weighted by Gasteiger charge is -2.40. The molecule has 1 N–H and O–H groups in total. The number of hydrogen-bond donors (Lipinski definition) is 1. The average Bonchev–Trinajstić information content (AvgIpc) is 2.88. The van der Waals surface area contributed by atoms with E-state index in [1.165, 1.54) is 24.3 Å². The maximum atomic E-state index is 12.4. The van der Waals surface area contributed by atoms with Gasteiger partial charge in [-0.3, -0.25) is 14.7 Å². The zero-order valence-corrected chi connectivity index (χ0v) is 29.8. The largest absolute Gasteiger partial charge is 0.810 e. The van der Waals surface area contributed by atoms with Crippen LogP contribution in [0.15, 0.2) is 36.4 Å². The van der Waals surface area contributed by atoms with Crippen molar-refractivity contribution in [2.75, 3.05) is 51.8 Å². The van der Waals surface area contributed by atoms with Crippen LogP contribution in [-0.4, -0.2) is 95.6 Å². The van der Waals surface area contributed by atoms with E-state index in [1.807, 2.05) is 45.2 Å². The van der Waals surface area contributed by atoms with Gasteiger partial charge in [-0.15, -0.1) is 0 Å². The Kier molecular flexibility index (Phi) is 15.8. The summed E-state index contributed by atoms with van der Waals surface area (Å²) in [5.74, 6) is -4.24. The molecule has 17 nitrogen and oxygen atoms in total. The van der Waals surface area contributed by atoms with Crippen LogP contribution in [0.25, 0.3) is 0 Å². The van der Waals surface area contributed by atoms with E-state index in [0.717, 1.165) is 4.90 Å². The first kappa shape index (κ1) is 40.3. The van der Waals surface area contributed by atoms with Gasteiger partial charge in [-0.2, -0.15) is 0 Å². The fraction of sp³-hybridized carbons (Fsp3) is 0.400. The summed E-state index contributed by atoms with van der Waals surface area (Å²) < 4.78 is 29.7. The number of phenolic OH excluding ortho intramolecular Hbond substituents is 1. The third kappa shape index (κ3) is 15.3. The van der Waals surface area contributed by atoms with Gasteiger partial charge in [0.15, 0.2) is 5.75 Å². The summed E-state index contributed by atoms with van der Waals surface area (Å²) in [6.07, 6.45) is -2.72. The van der Waals surface area contributed by atoms with E-state index < -0.39 is 91.0 Å². The van der Waals surface area contributed by atoms with Crippen LogP contribution in [0.1, 0.15) is 5.56 Å². The van der Waals surface area contributed by atoms with Crippen LogP contribution < -0.4 is 39.6 Å². The van der Waals surface area contributed by atoms with Crippen molar-refractivity contribution in [1.29, 1.82) is 0 Å². The molecule has 1 unspecified atom stereocenters. The molecule has 0 heterocycles. The molecular weight excluding hydrogens is 882 g/mol. The molecule has 2 aromatic rings. The smallest absolute Gasteiger partial charge is 0.154 e. The Morgan fingerprint density at radius 2 is 1.22 bits per heavy atom. The van der Waals surface area contributed by atoms with E-state index in [0.29, 0.717) is 34.0 Å². The van der Waals surface area contributed by atoms with Crippen LogP contribution in [0.2, 0.25) is 0 Å². The Bertz CT molecular complexity index is 1400. The number of nitrogens with zero attached hydrogens (tertiary/aromatic N) is 3. The summed E-state index contributed by atoms with van der Waals surface area (Å²) in [5, 5.41) is 44.2. The standard InChI is InChI=1S/C25H33I2N3O14P2/c26-19-9-16(10-20(27)24(19)44-18-3-1-17(31)2-4-18)11-21(25(36)37)30(7-5-28(12-22(32)33)14-45(38,39)40)8-6-29(13-23(34)35)15-46(41,42)43/h1-4,9-10,21,31H,5-8,11-15H2,(H,32,33)(H,34,35)(H,36,37)(H2,38,39,40)(H2,41,42,43)/p-7. The highest BCUT2D eigenvalue weighted by molar-refractivity contribution is 14.1. The molecule has 46 heavy (non-hydrogen) atoms. The van der Waals surface area contributed by atoms with Gasteiger partial charge < -0.3 is 68.3 Å².